The van der Waals surface area contributed by atoms with Crippen LogP contribution in [0.3, 0.4) is 0 Å². The lowest BCUT2D eigenvalue weighted by molar-refractivity contribution is -0.161. The number of rotatable bonds is 39. The second-order valence-corrected chi connectivity index (χ2v) is 14.4. The van der Waals surface area contributed by atoms with Gasteiger partial charge in [-0.25, -0.2) is 0 Å². The third-order valence-corrected chi connectivity index (χ3v) is 9.26. The van der Waals surface area contributed by atoms with Crippen LogP contribution in [0.25, 0.3) is 0 Å². The van der Waals surface area contributed by atoms with E-state index in [2.05, 4.69) is 86.8 Å². The molecule has 0 fully saturated rings. The molecule has 0 rings (SSSR count). The van der Waals surface area contributed by atoms with Crippen molar-refractivity contribution >= 4 is 11.9 Å². The molecule has 0 bridgehead atoms. The molecule has 0 aromatic carbocycles. The van der Waals surface area contributed by atoms with E-state index in [1.54, 1.807) is 0 Å². The molecule has 1 unspecified atom stereocenters. The maximum atomic E-state index is 12.1. The first-order chi connectivity index (χ1) is 26.1. The fourth-order valence-electron chi connectivity index (χ4n) is 5.97. The highest BCUT2D eigenvalue weighted by atomic mass is 16.6. The highest BCUT2D eigenvalue weighted by molar-refractivity contribution is 5.70. The van der Waals surface area contributed by atoms with Gasteiger partial charge in [0.1, 0.15) is 6.61 Å². The van der Waals surface area contributed by atoms with Gasteiger partial charge in [0.15, 0.2) is 6.10 Å². The molecule has 0 aromatic heterocycles. The molecule has 0 spiro atoms. The predicted molar refractivity (Wildman–Crippen MR) is 228 cm³/mol. The number of unbranched alkanes of at least 4 members (excludes halogenated alkanes) is 19. The summed E-state index contributed by atoms with van der Waals surface area (Å²) < 4.78 is 10.5. The molecule has 1 atom stereocenters. The number of aliphatic hydroxyl groups excluding tert-OH is 1. The summed E-state index contributed by atoms with van der Waals surface area (Å²) in [5.74, 6) is -0.602. The van der Waals surface area contributed by atoms with E-state index in [9.17, 15) is 14.7 Å². The normalized spacial score (nSPS) is 12.9. The standard InChI is InChI=1S/C48H82O5/c1-3-5-7-9-11-12-13-14-15-16-17-18-19-20-21-22-23-24-25-26-27-28-29-30-31-32-33-34-35-36-37-39-41-43-48(51)53-46(44-49)45-52-47(50)42-40-38-10-8-6-4-2/h5,7,11-12,14-15,17-18,20-21,23-24,46,49H,3-4,6,8-10,13,16,19,22,25-45H2,1-2H3/b7-5-,12-11-,15-14-,18-17-,21-20-,24-23-. The number of esters is 2. The van der Waals surface area contributed by atoms with Crippen molar-refractivity contribution in [3.8, 4) is 0 Å². The Hall–Kier alpha value is -2.66. The Morgan fingerprint density at radius 1 is 0.453 bits per heavy atom. The molecule has 0 saturated carbocycles. The smallest absolute Gasteiger partial charge is 0.306 e. The molecule has 0 aliphatic heterocycles. The number of aliphatic hydroxyl groups is 1. The Bertz CT molecular complexity index is 972. The minimum Gasteiger partial charge on any atom is -0.462 e. The van der Waals surface area contributed by atoms with Gasteiger partial charge in [-0.15, -0.1) is 0 Å². The Kier molecular flexibility index (Phi) is 41.5. The number of carbonyl (C=O) groups excluding carboxylic acids is 2. The Labute approximate surface area is 327 Å². The minimum absolute atomic E-state index is 0.0668. The number of allylic oxidation sites excluding steroid dienone is 12. The van der Waals surface area contributed by atoms with Crippen molar-refractivity contribution in [2.75, 3.05) is 13.2 Å². The zero-order valence-corrected chi connectivity index (χ0v) is 34.5. The molecule has 304 valence electrons. The predicted octanol–water partition coefficient (Wildman–Crippen LogP) is 14.1. The number of hydrogen-bond acceptors (Lipinski definition) is 5. The van der Waals surface area contributed by atoms with Gasteiger partial charge in [0.25, 0.3) is 0 Å². The molecular formula is C48H82O5. The van der Waals surface area contributed by atoms with Crippen LogP contribution in [0.1, 0.15) is 200 Å². The summed E-state index contributed by atoms with van der Waals surface area (Å²) in [6.07, 6.45) is 58.7. The molecule has 5 heteroatoms. The van der Waals surface area contributed by atoms with Crippen LogP contribution < -0.4 is 0 Å². The molecular weight excluding hydrogens is 657 g/mol. The van der Waals surface area contributed by atoms with Crippen molar-refractivity contribution < 1.29 is 24.2 Å². The van der Waals surface area contributed by atoms with E-state index < -0.39 is 6.10 Å². The first-order valence-corrected chi connectivity index (χ1v) is 22.0. The lowest BCUT2D eigenvalue weighted by Crippen LogP contribution is -2.28. The molecule has 0 saturated heterocycles. The molecule has 5 nitrogen and oxygen atoms in total. The molecule has 0 aromatic rings. The van der Waals surface area contributed by atoms with Crippen LogP contribution in [-0.4, -0.2) is 36.4 Å². The summed E-state index contributed by atoms with van der Waals surface area (Å²) in [7, 11) is 0. The molecule has 1 N–H and O–H groups in total. The monoisotopic (exact) mass is 739 g/mol. The van der Waals surface area contributed by atoms with Gasteiger partial charge in [-0.3, -0.25) is 9.59 Å². The van der Waals surface area contributed by atoms with Gasteiger partial charge in [0, 0.05) is 12.8 Å². The third kappa shape index (κ3) is 42.0. The second kappa shape index (κ2) is 43.7. The fourth-order valence-corrected chi connectivity index (χ4v) is 5.97. The maximum Gasteiger partial charge on any atom is 0.306 e. The lowest BCUT2D eigenvalue weighted by atomic mass is 10.0. The average molecular weight is 739 g/mol. The van der Waals surface area contributed by atoms with Crippen LogP contribution in [-0.2, 0) is 19.1 Å². The number of carbonyl (C=O) groups is 2. The highest BCUT2D eigenvalue weighted by Crippen LogP contribution is 2.15. The Morgan fingerprint density at radius 2 is 0.811 bits per heavy atom. The Balaban J connectivity index is 3.47. The van der Waals surface area contributed by atoms with E-state index in [4.69, 9.17) is 9.47 Å². The summed E-state index contributed by atoms with van der Waals surface area (Å²) in [6, 6.07) is 0. The van der Waals surface area contributed by atoms with Gasteiger partial charge in [-0.1, -0.05) is 196 Å². The quantitative estimate of drug-likeness (QED) is 0.0386. The van der Waals surface area contributed by atoms with E-state index in [0.717, 1.165) is 77.0 Å². The summed E-state index contributed by atoms with van der Waals surface area (Å²) in [6.45, 7) is 3.95. The summed E-state index contributed by atoms with van der Waals surface area (Å²) in [4.78, 5) is 24.1. The zero-order valence-electron chi connectivity index (χ0n) is 34.5. The van der Waals surface area contributed by atoms with Crippen molar-refractivity contribution in [2.45, 2.75) is 206 Å². The van der Waals surface area contributed by atoms with E-state index in [-0.39, 0.29) is 25.2 Å². The molecule has 0 aliphatic rings. The minimum atomic E-state index is -0.768. The summed E-state index contributed by atoms with van der Waals surface area (Å²) in [5.41, 5.74) is 0. The molecule has 0 amide bonds. The van der Waals surface area contributed by atoms with E-state index in [0.29, 0.717) is 12.8 Å². The van der Waals surface area contributed by atoms with E-state index in [1.165, 1.54) is 96.3 Å². The summed E-state index contributed by atoms with van der Waals surface area (Å²) >= 11 is 0. The fraction of sp³-hybridized carbons (Fsp3) is 0.708. The zero-order chi connectivity index (χ0) is 38.6. The van der Waals surface area contributed by atoms with Gasteiger partial charge < -0.3 is 14.6 Å². The van der Waals surface area contributed by atoms with E-state index >= 15 is 0 Å². The summed E-state index contributed by atoms with van der Waals surface area (Å²) in [5, 5.41) is 9.50. The van der Waals surface area contributed by atoms with Crippen molar-refractivity contribution in [3.63, 3.8) is 0 Å². The molecule has 53 heavy (non-hydrogen) atoms. The van der Waals surface area contributed by atoms with Gasteiger partial charge in [-0.2, -0.15) is 0 Å². The SMILES string of the molecule is CC/C=C\C/C=C\C/C=C\C/C=C\C/C=C\C/C=C\CCCCCCCCCCCCCCCCC(=O)OC(CO)COC(=O)CCCCCCCC. The van der Waals surface area contributed by atoms with Crippen molar-refractivity contribution in [1.29, 1.82) is 0 Å². The Morgan fingerprint density at radius 3 is 1.23 bits per heavy atom. The second-order valence-electron chi connectivity index (χ2n) is 14.4. The van der Waals surface area contributed by atoms with Crippen molar-refractivity contribution in [2.24, 2.45) is 0 Å². The number of ether oxygens (including phenoxy) is 2. The van der Waals surface area contributed by atoms with E-state index in [1.807, 2.05) is 0 Å². The first-order valence-electron chi connectivity index (χ1n) is 22.0. The molecule has 0 radical (unpaired) electrons. The van der Waals surface area contributed by atoms with Gasteiger partial charge in [0.2, 0.25) is 0 Å². The largest absolute Gasteiger partial charge is 0.462 e. The first kappa shape index (κ1) is 50.3. The average Bonchev–Trinajstić information content (AvgIpc) is 3.16. The van der Waals surface area contributed by atoms with Crippen molar-refractivity contribution in [3.05, 3.63) is 72.9 Å². The van der Waals surface area contributed by atoms with Crippen LogP contribution in [0.4, 0.5) is 0 Å². The topological polar surface area (TPSA) is 72.8 Å². The van der Waals surface area contributed by atoms with Gasteiger partial charge in [0.05, 0.1) is 6.61 Å². The van der Waals surface area contributed by atoms with Gasteiger partial charge >= 0.3 is 11.9 Å². The lowest BCUT2D eigenvalue weighted by Gasteiger charge is -2.15. The molecule has 0 heterocycles. The number of hydrogen-bond donors (Lipinski definition) is 1. The van der Waals surface area contributed by atoms with Crippen LogP contribution in [0.5, 0.6) is 0 Å². The third-order valence-electron chi connectivity index (χ3n) is 9.26. The van der Waals surface area contributed by atoms with Crippen LogP contribution in [0.15, 0.2) is 72.9 Å². The van der Waals surface area contributed by atoms with Crippen LogP contribution in [0.2, 0.25) is 0 Å². The van der Waals surface area contributed by atoms with Gasteiger partial charge in [-0.05, 0) is 64.2 Å². The van der Waals surface area contributed by atoms with Crippen molar-refractivity contribution in [1.82, 2.24) is 0 Å². The highest BCUT2D eigenvalue weighted by Gasteiger charge is 2.16. The maximum absolute atomic E-state index is 12.1. The molecule has 0 aliphatic carbocycles. The van der Waals surface area contributed by atoms with Crippen LogP contribution >= 0.6 is 0 Å². The van der Waals surface area contributed by atoms with Crippen LogP contribution in [0, 0.1) is 0 Å².